The van der Waals surface area contributed by atoms with Gasteiger partial charge in [-0.1, -0.05) is 36.4 Å². The van der Waals surface area contributed by atoms with Gasteiger partial charge in [0.25, 0.3) is 5.91 Å². The van der Waals surface area contributed by atoms with Gasteiger partial charge in [-0.2, -0.15) is 0 Å². The molecule has 0 spiro atoms. The summed E-state index contributed by atoms with van der Waals surface area (Å²) >= 11 is 0. The van der Waals surface area contributed by atoms with Crippen LogP contribution in [-0.2, 0) is 14.3 Å². The molecule has 184 valence electrons. The first-order valence-electron chi connectivity index (χ1n) is 11.5. The number of ether oxygens (including phenoxy) is 1. The van der Waals surface area contributed by atoms with Gasteiger partial charge in [-0.25, -0.2) is 4.79 Å². The number of benzene rings is 3. The second-order valence-electron chi connectivity index (χ2n) is 8.30. The third-order valence-corrected chi connectivity index (χ3v) is 5.98. The van der Waals surface area contributed by atoms with Crippen molar-refractivity contribution >= 4 is 46.1 Å². The number of esters is 1. The Bertz CT molecular complexity index is 1320. The molecule has 3 aromatic rings. The molecule has 2 amide bonds. The zero-order valence-corrected chi connectivity index (χ0v) is 20.4. The summed E-state index contributed by atoms with van der Waals surface area (Å²) in [5.74, 6) is -0.729. The largest absolute Gasteiger partial charge is 0.465 e. The molecule has 4 rings (SSSR count). The molecule has 1 aliphatic rings. The average molecular weight is 485 g/mol. The lowest BCUT2D eigenvalue weighted by Crippen LogP contribution is -2.28. The van der Waals surface area contributed by atoms with E-state index in [9.17, 15) is 14.4 Å². The highest BCUT2D eigenvalue weighted by atomic mass is 16.5. The van der Waals surface area contributed by atoms with E-state index in [1.165, 1.54) is 7.11 Å². The van der Waals surface area contributed by atoms with Crippen LogP contribution in [0.3, 0.4) is 0 Å². The fraction of sp³-hybridized carbons (Fsp3) is 0.179. The van der Waals surface area contributed by atoms with E-state index >= 15 is 0 Å². The van der Waals surface area contributed by atoms with Gasteiger partial charge in [0.1, 0.15) is 0 Å². The molecule has 8 heteroatoms. The van der Waals surface area contributed by atoms with Gasteiger partial charge < -0.3 is 25.6 Å². The van der Waals surface area contributed by atoms with Crippen LogP contribution >= 0.6 is 0 Å². The molecule has 0 bridgehead atoms. The van der Waals surface area contributed by atoms with Crippen molar-refractivity contribution in [1.29, 1.82) is 0 Å². The number of nitrogens with zero attached hydrogens (tertiary/aromatic N) is 1. The molecular formula is C28H28N4O4. The Morgan fingerprint density at radius 1 is 0.972 bits per heavy atom. The first-order chi connectivity index (χ1) is 17.4. The Morgan fingerprint density at radius 2 is 1.69 bits per heavy atom. The van der Waals surface area contributed by atoms with E-state index in [1.807, 2.05) is 61.6 Å². The first kappa shape index (κ1) is 24.7. The third kappa shape index (κ3) is 5.13. The van der Waals surface area contributed by atoms with Gasteiger partial charge in [-0.3, -0.25) is 9.59 Å². The Balaban J connectivity index is 1.70. The molecule has 0 aliphatic carbocycles. The van der Waals surface area contributed by atoms with Gasteiger partial charge in [0, 0.05) is 37.0 Å². The number of fused-ring (bicyclic) bond motifs is 1. The number of anilines is 3. The first-order valence-corrected chi connectivity index (χ1v) is 11.5. The number of amides is 2. The minimum Gasteiger partial charge on any atom is -0.465 e. The van der Waals surface area contributed by atoms with Crippen LogP contribution in [0.4, 0.5) is 17.1 Å². The second-order valence-corrected chi connectivity index (χ2v) is 8.30. The summed E-state index contributed by atoms with van der Waals surface area (Å²) < 4.78 is 4.80. The van der Waals surface area contributed by atoms with Gasteiger partial charge in [0.05, 0.1) is 29.6 Å². The SMILES string of the molecule is CNCCC(=O)N(C)c1ccc(NC(=C2C(=O)Nc3cc(C(=O)OC)ccc32)c2ccccc2)cc1. The molecule has 1 aliphatic heterocycles. The molecule has 3 N–H and O–H groups in total. The molecule has 0 saturated heterocycles. The van der Waals surface area contributed by atoms with Crippen LogP contribution in [0.15, 0.2) is 72.8 Å². The fourth-order valence-electron chi connectivity index (χ4n) is 4.01. The van der Waals surface area contributed by atoms with E-state index < -0.39 is 5.97 Å². The van der Waals surface area contributed by atoms with Crippen molar-refractivity contribution < 1.29 is 19.1 Å². The number of carbonyl (C=O) groups is 3. The van der Waals surface area contributed by atoms with E-state index in [0.717, 1.165) is 16.9 Å². The Kier molecular flexibility index (Phi) is 7.46. The zero-order valence-electron chi connectivity index (χ0n) is 20.4. The number of hydrogen-bond acceptors (Lipinski definition) is 6. The maximum Gasteiger partial charge on any atom is 0.337 e. The maximum atomic E-state index is 13.1. The average Bonchev–Trinajstić information content (AvgIpc) is 3.24. The molecule has 0 saturated carbocycles. The second kappa shape index (κ2) is 10.9. The lowest BCUT2D eigenvalue weighted by Gasteiger charge is -2.19. The van der Waals surface area contributed by atoms with Crippen LogP contribution in [0, 0.1) is 0 Å². The summed E-state index contributed by atoms with van der Waals surface area (Å²) in [7, 11) is 4.88. The molecule has 0 aromatic heterocycles. The van der Waals surface area contributed by atoms with Gasteiger partial charge in [-0.15, -0.1) is 0 Å². The topological polar surface area (TPSA) is 99.8 Å². The summed E-state index contributed by atoms with van der Waals surface area (Å²) in [6, 6.07) is 22.0. The highest BCUT2D eigenvalue weighted by Gasteiger charge is 2.29. The number of nitrogens with one attached hydrogen (secondary N) is 3. The molecule has 36 heavy (non-hydrogen) atoms. The summed E-state index contributed by atoms with van der Waals surface area (Å²) in [5, 5.41) is 9.24. The number of methoxy groups -OCH3 is 1. The smallest absolute Gasteiger partial charge is 0.337 e. The van der Waals surface area contributed by atoms with E-state index in [-0.39, 0.29) is 11.8 Å². The van der Waals surface area contributed by atoms with Crippen LogP contribution < -0.4 is 20.9 Å². The Hall–Kier alpha value is -4.43. The number of rotatable bonds is 8. The standard InChI is InChI=1S/C28H28N4O4/c1-29-16-15-24(33)32(2)21-12-10-20(11-13-21)30-26(18-7-5-4-6-8-18)25-22-14-9-19(28(35)36-3)17-23(22)31-27(25)34/h4-14,17,29-30H,15-16H2,1-3H3,(H,31,34). The number of hydrogen-bond donors (Lipinski definition) is 3. The van der Waals surface area contributed by atoms with E-state index in [0.29, 0.717) is 41.1 Å². The van der Waals surface area contributed by atoms with Gasteiger partial charge in [0.15, 0.2) is 0 Å². The normalized spacial score (nSPS) is 13.5. The van der Waals surface area contributed by atoms with Crippen LogP contribution in [-0.4, -0.2) is 45.5 Å². The van der Waals surface area contributed by atoms with Crippen LogP contribution in [0.2, 0.25) is 0 Å². The molecule has 0 atom stereocenters. The van der Waals surface area contributed by atoms with Crippen molar-refractivity contribution in [1.82, 2.24) is 5.32 Å². The summed E-state index contributed by atoms with van der Waals surface area (Å²) in [6.07, 6.45) is 0.406. The highest BCUT2D eigenvalue weighted by Crippen LogP contribution is 2.38. The fourth-order valence-corrected chi connectivity index (χ4v) is 4.01. The highest BCUT2D eigenvalue weighted by molar-refractivity contribution is 6.37. The van der Waals surface area contributed by atoms with E-state index in [4.69, 9.17) is 4.74 Å². The predicted octanol–water partition coefficient (Wildman–Crippen LogP) is 3.98. The predicted molar refractivity (Wildman–Crippen MR) is 142 cm³/mol. The minimum absolute atomic E-state index is 0.0164. The zero-order chi connectivity index (χ0) is 25.7. The molecule has 0 radical (unpaired) electrons. The summed E-state index contributed by atoms with van der Waals surface area (Å²) in [4.78, 5) is 39.0. The lowest BCUT2D eigenvalue weighted by atomic mass is 9.99. The molecule has 0 unspecified atom stereocenters. The van der Waals surface area contributed by atoms with Crippen molar-refractivity contribution in [2.45, 2.75) is 6.42 Å². The lowest BCUT2D eigenvalue weighted by molar-refractivity contribution is -0.118. The van der Waals surface area contributed by atoms with Crippen molar-refractivity contribution in [3.63, 3.8) is 0 Å². The van der Waals surface area contributed by atoms with Crippen LogP contribution in [0.25, 0.3) is 11.3 Å². The third-order valence-electron chi connectivity index (χ3n) is 5.98. The molecule has 1 heterocycles. The van der Waals surface area contributed by atoms with Crippen LogP contribution in [0.1, 0.15) is 27.9 Å². The van der Waals surface area contributed by atoms with Crippen molar-refractivity contribution in [3.8, 4) is 0 Å². The molecule has 3 aromatic carbocycles. The minimum atomic E-state index is -0.472. The number of carbonyl (C=O) groups excluding carboxylic acids is 3. The van der Waals surface area contributed by atoms with Gasteiger partial charge >= 0.3 is 5.97 Å². The van der Waals surface area contributed by atoms with E-state index in [2.05, 4.69) is 16.0 Å². The quantitative estimate of drug-likeness (QED) is 0.330. The Labute approximate surface area is 210 Å². The van der Waals surface area contributed by atoms with Gasteiger partial charge in [-0.05, 0) is 49.0 Å². The van der Waals surface area contributed by atoms with Crippen molar-refractivity contribution in [3.05, 3.63) is 89.5 Å². The molecule has 8 nitrogen and oxygen atoms in total. The van der Waals surface area contributed by atoms with Crippen LogP contribution in [0.5, 0.6) is 0 Å². The van der Waals surface area contributed by atoms with E-state index in [1.54, 1.807) is 30.1 Å². The Morgan fingerprint density at radius 3 is 2.36 bits per heavy atom. The summed E-state index contributed by atoms with van der Waals surface area (Å²) in [6.45, 7) is 0.613. The maximum absolute atomic E-state index is 13.1. The molecule has 0 fully saturated rings. The monoisotopic (exact) mass is 484 g/mol. The van der Waals surface area contributed by atoms with Crippen molar-refractivity contribution in [2.75, 3.05) is 43.3 Å². The summed E-state index contributed by atoms with van der Waals surface area (Å²) in [5.41, 5.74) is 5.05. The molecular weight excluding hydrogens is 456 g/mol. The van der Waals surface area contributed by atoms with Gasteiger partial charge in [0.2, 0.25) is 5.91 Å². The van der Waals surface area contributed by atoms with Crippen molar-refractivity contribution in [2.24, 2.45) is 0 Å².